The zero-order chi connectivity index (χ0) is 8.55. The number of aromatic nitrogens is 1. The topological polar surface area (TPSA) is 38.1 Å². The lowest BCUT2D eigenvalue weighted by Gasteiger charge is -2.08. The van der Waals surface area contributed by atoms with Crippen molar-refractivity contribution >= 4 is 0 Å². The molecule has 0 aliphatic heterocycles. The summed E-state index contributed by atoms with van der Waals surface area (Å²) in [6.07, 6.45) is 2.61. The first-order chi connectivity index (χ1) is 5.75. The molecule has 1 unspecified atom stereocenters. The summed E-state index contributed by atoms with van der Waals surface area (Å²) in [5.74, 6) is 0.884. The quantitative estimate of drug-likeness (QED) is 0.744. The minimum absolute atomic E-state index is 0.329. The Morgan fingerprint density at radius 3 is 2.92 bits per heavy atom. The van der Waals surface area contributed by atoms with Gasteiger partial charge in [-0.1, -0.05) is 5.16 Å². The van der Waals surface area contributed by atoms with Gasteiger partial charge < -0.3 is 9.84 Å². The van der Waals surface area contributed by atoms with Gasteiger partial charge in [-0.05, 0) is 26.7 Å². The number of nitrogens with zero attached hydrogens (tertiary/aromatic N) is 1. The first-order valence-electron chi connectivity index (χ1n) is 4.45. The summed E-state index contributed by atoms with van der Waals surface area (Å²) < 4.78 is 5.00. The number of rotatable bonds is 3. The smallest absolute Gasteiger partial charge is 0.133 e. The largest absolute Gasteiger partial charge is 0.361 e. The van der Waals surface area contributed by atoms with Crippen LogP contribution in [-0.4, -0.2) is 11.2 Å². The molecule has 2 rings (SSSR count). The molecule has 1 atom stereocenters. The van der Waals surface area contributed by atoms with Crippen molar-refractivity contribution in [3.63, 3.8) is 0 Å². The molecule has 0 saturated heterocycles. The van der Waals surface area contributed by atoms with Crippen LogP contribution in [0.2, 0.25) is 0 Å². The molecule has 66 valence electrons. The van der Waals surface area contributed by atoms with E-state index in [9.17, 15) is 0 Å². The van der Waals surface area contributed by atoms with Crippen LogP contribution in [0.3, 0.4) is 0 Å². The van der Waals surface area contributed by atoms with Crippen molar-refractivity contribution < 1.29 is 4.52 Å². The summed E-state index contributed by atoms with van der Waals surface area (Å²) in [6.45, 7) is 4.04. The van der Waals surface area contributed by atoms with Gasteiger partial charge in [0, 0.05) is 12.1 Å². The van der Waals surface area contributed by atoms with E-state index in [2.05, 4.69) is 17.4 Å². The molecule has 1 heterocycles. The zero-order valence-electron chi connectivity index (χ0n) is 7.50. The molecule has 0 amide bonds. The van der Waals surface area contributed by atoms with Gasteiger partial charge in [0.25, 0.3) is 0 Å². The van der Waals surface area contributed by atoms with Gasteiger partial charge in [-0.25, -0.2) is 0 Å². The second kappa shape index (κ2) is 2.90. The van der Waals surface area contributed by atoms with Crippen molar-refractivity contribution in [1.82, 2.24) is 10.5 Å². The Balaban J connectivity index is 1.97. The maximum Gasteiger partial charge on any atom is 0.133 e. The van der Waals surface area contributed by atoms with Gasteiger partial charge in [0.2, 0.25) is 0 Å². The van der Waals surface area contributed by atoms with Gasteiger partial charge in [-0.3, -0.25) is 0 Å². The van der Waals surface area contributed by atoms with E-state index in [0.29, 0.717) is 6.04 Å². The molecule has 0 radical (unpaired) electrons. The predicted octanol–water partition coefficient (Wildman–Crippen LogP) is 1.80. The standard InChI is InChI=1S/C9H14N2O/c1-6-5-9(11-12-6)7(2)10-8-3-4-8/h5,7-8,10H,3-4H2,1-2H3. The van der Waals surface area contributed by atoms with Crippen LogP contribution in [0.5, 0.6) is 0 Å². The maximum absolute atomic E-state index is 5.00. The van der Waals surface area contributed by atoms with E-state index >= 15 is 0 Å². The fraction of sp³-hybridized carbons (Fsp3) is 0.667. The highest BCUT2D eigenvalue weighted by Crippen LogP contribution is 2.23. The van der Waals surface area contributed by atoms with Gasteiger partial charge in [0.05, 0.1) is 6.04 Å². The van der Waals surface area contributed by atoms with E-state index in [-0.39, 0.29) is 0 Å². The van der Waals surface area contributed by atoms with E-state index in [1.807, 2.05) is 13.0 Å². The van der Waals surface area contributed by atoms with E-state index in [0.717, 1.165) is 17.5 Å². The Morgan fingerprint density at radius 2 is 2.42 bits per heavy atom. The summed E-state index contributed by atoms with van der Waals surface area (Å²) >= 11 is 0. The Kier molecular flexibility index (Phi) is 1.89. The molecule has 12 heavy (non-hydrogen) atoms. The molecule has 1 aliphatic rings. The van der Waals surface area contributed by atoms with Crippen LogP contribution in [-0.2, 0) is 0 Å². The Labute approximate surface area is 72.1 Å². The number of hydrogen-bond acceptors (Lipinski definition) is 3. The van der Waals surface area contributed by atoms with Crippen LogP contribution in [0, 0.1) is 6.92 Å². The first kappa shape index (κ1) is 7.80. The molecular weight excluding hydrogens is 152 g/mol. The van der Waals surface area contributed by atoms with E-state index in [1.54, 1.807) is 0 Å². The average molecular weight is 166 g/mol. The highest BCUT2D eigenvalue weighted by atomic mass is 16.5. The van der Waals surface area contributed by atoms with Crippen molar-refractivity contribution in [2.24, 2.45) is 0 Å². The van der Waals surface area contributed by atoms with Crippen LogP contribution in [0.25, 0.3) is 0 Å². The first-order valence-corrected chi connectivity index (χ1v) is 4.45. The molecule has 1 fully saturated rings. The maximum atomic E-state index is 5.00. The van der Waals surface area contributed by atoms with Gasteiger partial charge in [0.15, 0.2) is 0 Å². The lowest BCUT2D eigenvalue weighted by Crippen LogP contribution is -2.20. The van der Waals surface area contributed by atoms with Crippen LogP contribution >= 0.6 is 0 Å². The van der Waals surface area contributed by atoms with Crippen molar-refractivity contribution in [2.75, 3.05) is 0 Å². The molecule has 1 aromatic heterocycles. The van der Waals surface area contributed by atoms with Gasteiger partial charge in [-0.2, -0.15) is 0 Å². The van der Waals surface area contributed by atoms with Crippen molar-refractivity contribution in [3.8, 4) is 0 Å². The summed E-state index contributed by atoms with van der Waals surface area (Å²) in [5, 5.41) is 7.42. The third-order valence-electron chi connectivity index (χ3n) is 2.15. The summed E-state index contributed by atoms with van der Waals surface area (Å²) in [4.78, 5) is 0. The molecule has 3 nitrogen and oxygen atoms in total. The highest BCUT2D eigenvalue weighted by molar-refractivity contribution is 5.08. The zero-order valence-corrected chi connectivity index (χ0v) is 7.50. The average Bonchev–Trinajstić information content (AvgIpc) is 2.72. The normalized spacial score (nSPS) is 19.5. The summed E-state index contributed by atoms with van der Waals surface area (Å²) in [7, 11) is 0. The van der Waals surface area contributed by atoms with Gasteiger partial charge >= 0.3 is 0 Å². The van der Waals surface area contributed by atoms with E-state index in [1.165, 1.54) is 12.8 Å². The number of aryl methyl sites for hydroxylation is 1. The van der Waals surface area contributed by atoms with E-state index < -0.39 is 0 Å². The highest BCUT2D eigenvalue weighted by Gasteiger charge is 2.24. The third kappa shape index (κ3) is 1.67. The van der Waals surface area contributed by atoms with Crippen LogP contribution in [0.1, 0.15) is 37.3 Å². The molecular formula is C9H14N2O. The lowest BCUT2D eigenvalue weighted by molar-refractivity contribution is 0.380. The fourth-order valence-corrected chi connectivity index (χ4v) is 1.28. The molecule has 0 spiro atoms. The van der Waals surface area contributed by atoms with Crippen LogP contribution in [0.15, 0.2) is 10.6 Å². The molecule has 1 aliphatic carbocycles. The third-order valence-corrected chi connectivity index (χ3v) is 2.15. The Bertz CT molecular complexity index is 265. The molecule has 3 heteroatoms. The van der Waals surface area contributed by atoms with Gasteiger partial charge in [0.1, 0.15) is 11.5 Å². The van der Waals surface area contributed by atoms with Crippen molar-refractivity contribution in [1.29, 1.82) is 0 Å². The minimum Gasteiger partial charge on any atom is -0.361 e. The second-order valence-electron chi connectivity index (χ2n) is 3.53. The Hall–Kier alpha value is -0.830. The van der Waals surface area contributed by atoms with Crippen LogP contribution in [0.4, 0.5) is 0 Å². The number of hydrogen-bond donors (Lipinski definition) is 1. The monoisotopic (exact) mass is 166 g/mol. The number of nitrogens with one attached hydrogen (secondary N) is 1. The second-order valence-corrected chi connectivity index (χ2v) is 3.53. The molecule has 1 saturated carbocycles. The fourth-order valence-electron chi connectivity index (χ4n) is 1.28. The minimum atomic E-state index is 0.329. The Morgan fingerprint density at radius 1 is 1.67 bits per heavy atom. The molecule has 0 bridgehead atoms. The van der Waals surface area contributed by atoms with E-state index in [4.69, 9.17) is 4.52 Å². The van der Waals surface area contributed by atoms with Crippen molar-refractivity contribution in [2.45, 2.75) is 38.8 Å². The summed E-state index contributed by atoms with van der Waals surface area (Å²) in [5.41, 5.74) is 1.01. The SMILES string of the molecule is Cc1cc(C(C)NC2CC2)no1. The molecule has 0 aromatic carbocycles. The predicted molar refractivity (Wildman–Crippen MR) is 45.8 cm³/mol. The van der Waals surface area contributed by atoms with Gasteiger partial charge in [-0.15, -0.1) is 0 Å². The summed E-state index contributed by atoms with van der Waals surface area (Å²) in [6, 6.07) is 3.03. The lowest BCUT2D eigenvalue weighted by atomic mass is 10.2. The van der Waals surface area contributed by atoms with Crippen molar-refractivity contribution in [3.05, 3.63) is 17.5 Å². The van der Waals surface area contributed by atoms with Crippen LogP contribution < -0.4 is 5.32 Å². The molecule has 1 aromatic rings. The molecule has 1 N–H and O–H groups in total.